The van der Waals surface area contributed by atoms with Crippen molar-refractivity contribution in [3.8, 4) is 17.3 Å². The normalized spacial score (nSPS) is 10.1. The van der Waals surface area contributed by atoms with Crippen LogP contribution in [0.4, 0.5) is 14.6 Å². The molecule has 0 atom stereocenters. The van der Waals surface area contributed by atoms with Crippen LogP contribution in [0.2, 0.25) is 0 Å². The topological polar surface area (TPSA) is 48.7 Å². The van der Waals surface area contributed by atoms with Crippen LogP contribution in [-0.4, -0.2) is 12.0 Å². The summed E-state index contributed by atoms with van der Waals surface area (Å²) >= 11 is 0. The van der Waals surface area contributed by atoms with Gasteiger partial charge in [0.05, 0.1) is 11.3 Å². The van der Waals surface area contributed by atoms with Gasteiger partial charge in [0.2, 0.25) is 0 Å². The van der Waals surface area contributed by atoms with Crippen molar-refractivity contribution in [2.45, 2.75) is 6.92 Å². The Morgan fingerprint density at radius 1 is 1.21 bits per heavy atom. The second-order valence-electron chi connectivity index (χ2n) is 4.04. The Bertz CT molecular complexity index is 675. The first-order valence-corrected chi connectivity index (χ1v) is 5.61. The number of pyridine rings is 1. The van der Waals surface area contributed by atoms with Crippen LogP contribution in [0.1, 0.15) is 11.1 Å². The Morgan fingerprint density at radius 3 is 2.53 bits per heavy atom. The maximum absolute atomic E-state index is 13.3. The van der Waals surface area contributed by atoms with Crippen LogP contribution in [0, 0.1) is 29.9 Å². The van der Waals surface area contributed by atoms with Gasteiger partial charge in [-0.2, -0.15) is 5.26 Å². The van der Waals surface area contributed by atoms with Gasteiger partial charge >= 0.3 is 0 Å². The van der Waals surface area contributed by atoms with Crippen LogP contribution < -0.4 is 5.32 Å². The number of hydrogen-bond donors (Lipinski definition) is 1. The lowest BCUT2D eigenvalue weighted by Gasteiger charge is -2.10. The number of nitrogens with one attached hydrogen (secondary N) is 1. The molecule has 0 saturated heterocycles. The van der Waals surface area contributed by atoms with Gasteiger partial charge in [0.25, 0.3) is 0 Å². The number of benzene rings is 1. The van der Waals surface area contributed by atoms with Crippen molar-refractivity contribution in [2.24, 2.45) is 0 Å². The molecule has 1 heterocycles. The summed E-state index contributed by atoms with van der Waals surface area (Å²) in [4.78, 5) is 4.28. The number of aromatic nitrogens is 1. The highest BCUT2D eigenvalue weighted by Gasteiger charge is 2.12. The second kappa shape index (κ2) is 5.02. The lowest BCUT2D eigenvalue weighted by Crippen LogP contribution is -2.00. The van der Waals surface area contributed by atoms with E-state index in [1.54, 1.807) is 20.0 Å². The molecule has 0 aliphatic rings. The Morgan fingerprint density at radius 2 is 1.95 bits per heavy atom. The molecule has 1 aromatic heterocycles. The molecule has 0 amide bonds. The van der Waals surface area contributed by atoms with Crippen LogP contribution in [0.15, 0.2) is 24.3 Å². The van der Waals surface area contributed by atoms with E-state index in [2.05, 4.69) is 10.3 Å². The quantitative estimate of drug-likeness (QED) is 0.900. The van der Waals surface area contributed by atoms with Crippen molar-refractivity contribution in [2.75, 3.05) is 12.4 Å². The van der Waals surface area contributed by atoms with Crippen molar-refractivity contribution >= 4 is 5.82 Å². The van der Waals surface area contributed by atoms with Crippen LogP contribution in [0.25, 0.3) is 11.3 Å². The Balaban J connectivity index is 2.62. The van der Waals surface area contributed by atoms with Gasteiger partial charge in [0.1, 0.15) is 11.9 Å². The Hall–Kier alpha value is -2.48. The lowest BCUT2D eigenvalue weighted by molar-refractivity contribution is 0.509. The number of hydrogen-bond acceptors (Lipinski definition) is 3. The van der Waals surface area contributed by atoms with Crippen molar-refractivity contribution in [3.05, 3.63) is 47.0 Å². The minimum atomic E-state index is -0.922. The van der Waals surface area contributed by atoms with E-state index in [-0.39, 0.29) is 0 Å². The molecule has 19 heavy (non-hydrogen) atoms. The third kappa shape index (κ3) is 2.38. The number of rotatable bonds is 2. The van der Waals surface area contributed by atoms with E-state index in [9.17, 15) is 8.78 Å². The highest BCUT2D eigenvalue weighted by atomic mass is 19.2. The molecule has 0 bridgehead atoms. The largest absolute Gasteiger partial charge is 0.372 e. The summed E-state index contributed by atoms with van der Waals surface area (Å²) in [5, 5.41) is 11.8. The predicted octanol–water partition coefficient (Wildman–Crippen LogP) is 3.25. The lowest BCUT2D eigenvalue weighted by atomic mass is 10.0. The molecule has 0 fully saturated rings. The average molecular weight is 259 g/mol. The molecule has 1 aromatic carbocycles. The monoisotopic (exact) mass is 259 g/mol. The molecule has 2 aromatic rings. The minimum absolute atomic E-state index is 0.409. The van der Waals surface area contributed by atoms with Gasteiger partial charge in [-0.3, -0.25) is 0 Å². The van der Waals surface area contributed by atoms with Gasteiger partial charge in [-0.25, -0.2) is 13.8 Å². The predicted molar refractivity (Wildman–Crippen MR) is 68.6 cm³/mol. The van der Waals surface area contributed by atoms with Crippen molar-refractivity contribution in [1.82, 2.24) is 4.98 Å². The maximum Gasteiger partial charge on any atom is 0.159 e. The van der Waals surface area contributed by atoms with Crippen LogP contribution in [0.3, 0.4) is 0 Å². The van der Waals surface area contributed by atoms with E-state index in [1.165, 1.54) is 6.07 Å². The van der Waals surface area contributed by atoms with E-state index in [0.29, 0.717) is 22.6 Å². The summed E-state index contributed by atoms with van der Waals surface area (Å²) in [6.07, 6.45) is 0. The average Bonchev–Trinajstić information content (AvgIpc) is 2.41. The van der Waals surface area contributed by atoms with Gasteiger partial charge in [0.15, 0.2) is 11.6 Å². The summed E-state index contributed by atoms with van der Waals surface area (Å²) in [5.74, 6) is -1.41. The molecule has 3 nitrogen and oxygen atoms in total. The number of anilines is 1. The first-order chi connectivity index (χ1) is 9.06. The van der Waals surface area contributed by atoms with E-state index in [1.807, 2.05) is 6.07 Å². The first-order valence-electron chi connectivity index (χ1n) is 5.61. The molecule has 1 N–H and O–H groups in total. The summed E-state index contributed by atoms with van der Waals surface area (Å²) in [5.41, 5.74) is 2.12. The van der Waals surface area contributed by atoms with Gasteiger partial charge in [0, 0.05) is 12.6 Å². The zero-order chi connectivity index (χ0) is 14.0. The summed E-state index contributed by atoms with van der Waals surface area (Å²) in [6.45, 7) is 1.77. The molecule has 96 valence electrons. The van der Waals surface area contributed by atoms with Gasteiger partial charge in [-0.1, -0.05) is 0 Å². The number of nitriles is 1. The molecule has 0 radical (unpaired) electrons. The molecular weight excluding hydrogens is 248 g/mol. The SMILES string of the molecule is CNc1nc(-c2ccc(F)c(F)c2)c(C)cc1C#N. The van der Waals surface area contributed by atoms with E-state index in [0.717, 1.165) is 17.7 Å². The highest BCUT2D eigenvalue weighted by Crippen LogP contribution is 2.26. The fraction of sp³-hybridized carbons (Fsp3) is 0.143. The fourth-order valence-electron chi connectivity index (χ4n) is 1.82. The third-order valence-electron chi connectivity index (χ3n) is 2.76. The van der Waals surface area contributed by atoms with Crippen LogP contribution in [0.5, 0.6) is 0 Å². The molecule has 5 heteroatoms. The number of aryl methyl sites for hydroxylation is 1. The van der Waals surface area contributed by atoms with E-state index < -0.39 is 11.6 Å². The van der Waals surface area contributed by atoms with Crippen LogP contribution in [-0.2, 0) is 0 Å². The summed E-state index contributed by atoms with van der Waals surface area (Å²) in [7, 11) is 1.65. The molecule has 0 aliphatic carbocycles. The third-order valence-corrected chi connectivity index (χ3v) is 2.76. The summed E-state index contributed by atoms with van der Waals surface area (Å²) in [6, 6.07) is 7.30. The zero-order valence-electron chi connectivity index (χ0n) is 10.5. The first kappa shape index (κ1) is 13.0. The number of halogens is 2. The van der Waals surface area contributed by atoms with Gasteiger partial charge in [-0.15, -0.1) is 0 Å². The molecule has 2 rings (SSSR count). The Kier molecular flexibility index (Phi) is 3.43. The van der Waals surface area contributed by atoms with Gasteiger partial charge < -0.3 is 5.32 Å². The molecule has 0 unspecified atom stereocenters. The molecule has 0 saturated carbocycles. The molecule has 0 aliphatic heterocycles. The zero-order valence-corrected chi connectivity index (χ0v) is 10.5. The molecular formula is C14H11F2N3. The smallest absolute Gasteiger partial charge is 0.159 e. The van der Waals surface area contributed by atoms with E-state index in [4.69, 9.17) is 5.26 Å². The standard InChI is InChI=1S/C14H11F2N3/c1-8-5-10(7-17)14(18-2)19-13(8)9-3-4-11(15)12(16)6-9/h3-6H,1-2H3,(H,18,19). The minimum Gasteiger partial charge on any atom is -0.372 e. The van der Waals surface area contributed by atoms with Crippen molar-refractivity contribution in [1.29, 1.82) is 5.26 Å². The van der Waals surface area contributed by atoms with Gasteiger partial charge in [-0.05, 0) is 36.8 Å². The second-order valence-corrected chi connectivity index (χ2v) is 4.04. The maximum atomic E-state index is 13.3. The van der Waals surface area contributed by atoms with Crippen molar-refractivity contribution in [3.63, 3.8) is 0 Å². The van der Waals surface area contributed by atoms with E-state index >= 15 is 0 Å². The fourth-order valence-corrected chi connectivity index (χ4v) is 1.82. The highest BCUT2D eigenvalue weighted by molar-refractivity contribution is 5.68. The summed E-state index contributed by atoms with van der Waals surface area (Å²) < 4.78 is 26.2. The molecule has 0 spiro atoms. The number of nitrogens with zero attached hydrogens (tertiary/aromatic N) is 2. The van der Waals surface area contributed by atoms with Crippen molar-refractivity contribution < 1.29 is 8.78 Å². The van der Waals surface area contributed by atoms with Crippen LogP contribution >= 0.6 is 0 Å². The Labute approximate surface area is 109 Å².